The molecule has 1 atom stereocenters. The molecule has 4 nitrogen and oxygen atoms in total. The summed E-state index contributed by atoms with van der Waals surface area (Å²) >= 11 is 0. The first-order valence-electron chi connectivity index (χ1n) is 5.64. The molecule has 0 amide bonds. The summed E-state index contributed by atoms with van der Waals surface area (Å²) in [5.41, 5.74) is 7.83. The van der Waals surface area contributed by atoms with Gasteiger partial charge in [-0.15, -0.1) is 0 Å². The third-order valence-corrected chi connectivity index (χ3v) is 2.90. The van der Waals surface area contributed by atoms with E-state index in [1.54, 1.807) is 0 Å². The zero-order valence-corrected chi connectivity index (χ0v) is 9.77. The summed E-state index contributed by atoms with van der Waals surface area (Å²) in [6.07, 6.45) is 1.000. The number of anilines is 1. The number of benzene rings is 1. The van der Waals surface area contributed by atoms with Crippen LogP contribution in [0.4, 0.5) is 5.95 Å². The molecule has 1 aromatic heterocycles. The average Bonchev–Trinajstić information content (AvgIpc) is 2.64. The molecular weight excluding hydrogens is 200 g/mol. The lowest BCUT2D eigenvalue weighted by Crippen LogP contribution is -2.29. The zero-order chi connectivity index (χ0) is 11.5. The lowest BCUT2D eigenvalue weighted by atomic mass is 10.2. The van der Waals surface area contributed by atoms with Crippen LogP contribution in [-0.4, -0.2) is 22.1 Å². The summed E-state index contributed by atoms with van der Waals surface area (Å²) in [6, 6.07) is 8.39. The van der Waals surface area contributed by atoms with Crippen molar-refractivity contribution < 1.29 is 0 Å². The molecule has 0 aliphatic carbocycles. The fourth-order valence-electron chi connectivity index (χ4n) is 1.78. The van der Waals surface area contributed by atoms with Gasteiger partial charge in [-0.3, -0.25) is 0 Å². The van der Waals surface area contributed by atoms with Gasteiger partial charge in [-0.05, 0) is 18.6 Å². The van der Waals surface area contributed by atoms with Gasteiger partial charge in [-0.2, -0.15) is 0 Å². The minimum Gasteiger partial charge on any atom is -0.352 e. The molecule has 86 valence electrons. The Hall–Kier alpha value is -1.55. The molecule has 0 aliphatic rings. The molecule has 2 aromatic rings. The van der Waals surface area contributed by atoms with Crippen molar-refractivity contribution in [2.24, 2.45) is 12.8 Å². The third-order valence-electron chi connectivity index (χ3n) is 2.90. The van der Waals surface area contributed by atoms with E-state index in [0.717, 1.165) is 23.4 Å². The highest BCUT2D eigenvalue weighted by Crippen LogP contribution is 2.18. The van der Waals surface area contributed by atoms with E-state index in [1.807, 2.05) is 25.2 Å². The fraction of sp³-hybridized carbons (Fsp3) is 0.417. The van der Waals surface area contributed by atoms with E-state index in [4.69, 9.17) is 5.73 Å². The predicted molar refractivity (Wildman–Crippen MR) is 67.5 cm³/mol. The van der Waals surface area contributed by atoms with Gasteiger partial charge in [-0.25, -0.2) is 4.98 Å². The molecule has 0 fully saturated rings. The summed E-state index contributed by atoms with van der Waals surface area (Å²) < 4.78 is 2.06. The minimum absolute atomic E-state index is 0.288. The molecule has 3 N–H and O–H groups in total. The number of aryl methyl sites for hydroxylation is 1. The van der Waals surface area contributed by atoms with Gasteiger partial charge in [-0.1, -0.05) is 19.1 Å². The molecule has 0 bridgehead atoms. The van der Waals surface area contributed by atoms with Crippen molar-refractivity contribution in [3.8, 4) is 0 Å². The number of aromatic nitrogens is 2. The Morgan fingerprint density at radius 3 is 2.81 bits per heavy atom. The molecular formula is C12H18N4. The van der Waals surface area contributed by atoms with E-state index >= 15 is 0 Å². The van der Waals surface area contributed by atoms with E-state index in [9.17, 15) is 0 Å². The van der Waals surface area contributed by atoms with Crippen molar-refractivity contribution in [1.29, 1.82) is 0 Å². The molecule has 2 rings (SSSR count). The van der Waals surface area contributed by atoms with Crippen LogP contribution in [0.3, 0.4) is 0 Å². The van der Waals surface area contributed by atoms with Crippen LogP contribution in [0, 0.1) is 0 Å². The molecule has 1 heterocycles. The second kappa shape index (κ2) is 4.53. The van der Waals surface area contributed by atoms with Gasteiger partial charge in [0.15, 0.2) is 0 Å². The van der Waals surface area contributed by atoms with Gasteiger partial charge in [0.05, 0.1) is 11.0 Å². The first-order chi connectivity index (χ1) is 7.76. The number of imidazole rings is 1. The highest BCUT2D eigenvalue weighted by atomic mass is 15.2. The smallest absolute Gasteiger partial charge is 0.203 e. The second-order valence-electron chi connectivity index (χ2n) is 3.97. The topological polar surface area (TPSA) is 55.9 Å². The maximum Gasteiger partial charge on any atom is 0.203 e. The summed E-state index contributed by atoms with van der Waals surface area (Å²) in [4.78, 5) is 4.54. The third kappa shape index (κ3) is 1.88. The quantitative estimate of drug-likeness (QED) is 0.821. The van der Waals surface area contributed by atoms with Crippen LogP contribution in [0.1, 0.15) is 13.3 Å². The van der Waals surface area contributed by atoms with Gasteiger partial charge < -0.3 is 15.6 Å². The largest absolute Gasteiger partial charge is 0.352 e. The monoisotopic (exact) mass is 218 g/mol. The lowest BCUT2D eigenvalue weighted by Gasteiger charge is -2.15. The van der Waals surface area contributed by atoms with Crippen molar-refractivity contribution in [2.45, 2.75) is 19.4 Å². The molecule has 0 saturated carbocycles. The Morgan fingerprint density at radius 2 is 2.19 bits per heavy atom. The molecule has 0 spiro atoms. The Balaban J connectivity index is 2.34. The molecule has 1 aromatic carbocycles. The number of nitrogens with one attached hydrogen (secondary N) is 1. The van der Waals surface area contributed by atoms with Gasteiger partial charge in [0.2, 0.25) is 5.95 Å². The Bertz CT molecular complexity index is 471. The molecule has 16 heavy (non-hydrogen) atoms. The van der Waals surface area contributed by atoms with Crippen LogP contribution in [0.25, 0.3) is 11.0 Å². The van der Waals surface area contributed by atoms with E-state index < -0.39 is 0 Å². The standard InChI is InChI=1S/C12H18N4/c1-3-9(8-13)14-12-15-10-6-4-5-7-11(10)16(12)2/h4-7,9H,3,8,13H2,1-2H3,(H,14,15). The molecule has 0 radical (unpaired) electrons. The number of para-hydroxylation sites is 2. The van der Waals surface area contributed by atoms with Crippen molar-refractivity contribution in [3.63, 3.8) is 0 Å². The van der Waals surface area contributed by atoms with Gasteiger partial charge >= 0.3 is 0 Å². The SMILES string of the molecule is CCC(CN)Nc1nc2ccccc2n1C. The van der Waals surface area contributed by atoms with Crippen LogP contribution in [0.5, 0.6) is 0 Å². The van der Waals surface area contributed by atoms with E-state index in [-0.39, 0.29) is 6.04 Å². The number of hydrogen-bond acceptors (Lipinski definition) is 3. The average molecular weight is 218 g/mol. The van der Waals surface area contributed by atoms with Crippen LogP contribution in [0.15, 0.2) is 24.3 Å². The highest BCUT2D eigenvalue weighted by molar-refractivity contribution is 5.78. The number of fused-ring (bicyclic) bond motifs is 1. The van der Waals surface area contributed by atoms with Crippen molar-refractivity contribution in [2.75, 3.05) is 11.9 Å². The number of nitrogens with two attached hydrogens (primary N) is 1. The van der Waals surface area contributed by atoms with Crippen molar-refractivity contribution in [1.82, 2.24) is 9.55 Å². The predicted octanol–water partition coefficient (Wildman–Crippen LogP) is 1.72. The lowest BCUT2D eigenvalue weighted by molar-refractivity contribution is 0.690. The first kappa shape index (κ1) is 11.0. The summed E-state index contributed by atoms with van der Waals surface area (Å²) in [6.45, 7) is 2.74. The normalized spacial score (nSPS) is 12.9. The summed E-state index contributed by atoms with van der Waals surface area (Å²) in [5.74, 6) is 0.888. The van der Waals surface area contributed by atoms with Crippen LogP contribution in [0.2, 0.25) is 0 Å². The Labute approximate surface area is 95.5 Å². The van der Waals surface area contributed by atoms with Gasteiger partial charge in [0.1, 0.15) is 0 Å². The Morgan fingerprint density at radius 1 is 1.44 bits per heavy atom. The van der Waals surface area contributed by atoms with Crippen LogP contribution < -0.4 is 11.1 Å². The number of nitrogens with zero attached hydrogens (tertiary/aromatic N) is 2. The fourth-order valence-corrected chi connectivity index (χ4v) is 1.78. The Kier molecular flexibility index (Phi) is 3.10. The first-order valence-corrected chi connectivity index (χ1v) is 5.64. The summed E-state index contributed by atoms with van der Waals surface area (Å²) in [7, 11) is 2.01. The second-order valence-corrected chi connectivity index (χ2v) is 3.97. The van der Waals surface area contributed by atoms with Crippen LogP contribution >= 0.6 is 0 Å². The minimum atomic E-state index is 0.288. The maximum atomic E-state index is 5.68. The zero-order valence-electron chi connectivity index (χ0n) is 9.77. The van der Waals surface area contributed by atoms with Gasteiger partial charge in [0.25, 0.3) is 0 Å². The van der Waals surface area contributed by atoms with Crippen molar-refractivity contribution in [3.05, 3.63) is 24.3 Å². The van der Waals surface area contributed by atoms with Gasteiger partial charge in [0, 0.05) is 19.6 Å². The summed E-state index contributed by atoms with van der Waals surface area (Å²) in [5, 5.41) is 3.36. The van der Waals surface area contributed by atoms with Crippen LogP contribution in [-0.2, 0) is 7.05 Å². The number of rotatable bonds is 4. The highest BCUT2D eigenvalue weighted by Gasteiger charge is 2.10. The molecule has 4 heteroatoms. The maximum absolute atomic E-state index is 5.68. The van der Waals surface area contributed by atoms with E-state index in [1.165, 1.54) is 0 Å². The molecule has 0 saturated heterocycles. The molecule has 1 unspecified atom stereocenters. The molecule has 0 aliphatic heterocycles. The van der Waals surface area contributed by atoms with E-state index in [2.05, 4.69) is 27.9 Å². The van der Waals surface area contributed by atoms with Crippen molar-refractivity contribution >= 4 is 17.0 Å². The van der Waals surface area contributed by atoms with E-state index in [0.29, 0.717) is 6.54 Å². The number of hydrogen-bond donors (Lipinski definition) is 2.